The quantitative estimate of drug-likeness (QED) is 0.364. The Morgan fingerprint density at radius 3 is 2.58 bits per heavy atom. The van der Waals surface area contributed by atoms with Crippen molar-refractivity contribution in [3.63, 3.8) is 0 Å². The van der Waals surface area contributed by atoms with Crippen molar-refractivity contribution in [1.82, 2.24) is 25.1 Å². The number of aromatic nitrogens is 4. The fourth-order valence-corrected chi connectivity index (χ4v) is 4.57. The molecular weight excluding hydrogens is 508 g/mol. The number of aromatic carboxylic acids is 1. The molecule has 0 spiro atoms. The van der Waals surface area contributed by atoms with Gasteiger partial charge in [-0.2, -0.15) is 4.68 Å². The molecule has 0 saturated carbocycles. The lowest BCUT2D eigenvalue weighted by Crippen LogP contribution is -2.44. The predicted molar refractivity (Wildman–Crippen MR) is 140 cm³/mol. The SMILES string of the molecule is O=C(O)c1ccc(NC(=O)[C@@H]2c3ccccc3CCN2C(=O)C=Cc2cc(Cl)ccc2-n2cnnn2)cc1. The van der Waals surface area contributed by atoms with E-state index >= 15 is 0 Å². The van der Waals surface area contributed by atoms with E-state index in [-0.39, 0.29) is 11.5 Å². The van der Waals surface area contributed by atoms with Crippen molar-refractivity contribution in [2.45, 2.75) is 12.5 Å². The van der Waals surface area contributed by atoms with Crippen molar-refractivity contribution in [3.8, 4) is 5.69 Å². The summed E-state index contributed by atoms with van der Waals surface area (Å²) in [6.07, 6.45) is 5.05. The summed E-state index contributed by atoms with van der Waals surface area (Å²) in [7, 11) is 0. The highest BCUT2D eigenvalue weighted by molar-refractivity contribution is 6.30. The summed E-state index contributed by atoms with van der Waals surface area (Å²) in [6, 6.07) is 17.6. The minimum Gasteiger partial charge on any atom is -0.478 e. The lowest BCUT2D eigenvalue weighted by Gasteiger charge is -2.35. The van der Waals surface area contributed by atoms with E-state index in [1.165, 1.54) is 46.3 Å². The van der Waals surface area contributed by atoms with Crippen LogP contribution in [0.1, 0.15) is 33.1 Å². The highest BCUT2D eigenvalue weighted by Gasteiger charge is 2.35. The van der Waals surface area contributed by atoms with Gasteiger partial charge in [-0.3, -0.25) is 9.59 Å². The van der Waals surface area contributed by atoms with Gasteiger partial charge in [0.05, 0.1) is 11.3 Å². The van der Waals surface area contributed by atoms with Gasteiger partial charge in [0.2, 0.25) is 5.91 Å². The van der Waals surface area contributed by atoms with Crippen molar-refractivity contribution in [1.29, 1.82) is 0 Å². The molecule has 2 N–H and O–H groups in total. The molecule has 0 fully saturated rings. The van der Waals surface area contributed by atoms with E-state index in [1.807, 2.05) is 24.3 Å². The highest BCUT2D eigenvalue weighted by atomic mass is 35.5. The fraction of sp³-hybridized carbons (Fsp3) is 0.111. The zero-order chi connectivity index (χ0) is 26.6. The Bertz CT molecular complexity index is 1540. The van der Waals surface area contributed by atoms with Crippen LogP contribution in [0.15, 0.2) is 79.1 Å². The fourth-order valence-electron chi connectivity index (χ4n) is 4.39. The molecule has 2 amide bonds. The van der Waals surface area contributed by atoms with E-state index in [0.29, 0.717) is 34.9 Å². The number of tetrazole rings is 1. The summed E-state index contributed by atoms with van der Waals surface area (Å²) in [4.78, 5) is 39.6. The molecule has 38 heavy (non-hydrogen) atoms. The molecule has 10 nitrogen and oxygen atoms in total. The van der Waals surface area contributed by atoms with Crippen LogP contribution in [0.3, 0.4) is 0 Å². The number of benzene rings is 3. The molecule has 0 unspecified atom stereocenters. The largest absolute Gasteiger partial charge is 0.478 e. The molecule has 0 saturated heterocycles. The maximum atomic E-state index is 13.5. The molecule has 190 valence electrons. The van der Waals surface area contributed by atoms with E-state index in [4.69, 9.17) is 16.7 Å². The molecule has 1 atom stereocenters. The monoisotopic (exact) mass is 528 g/mol. The first kappa shape index (κ1) is 24.8. The minimum absolute atomic E-state index is 0.106. The van der Waals surface area contributed by atoms with E-state index < -0.39 is 17.9 Å². The number of carbonyl (C=O) groups excluding carboxylic acids is 2. The van der Waals surface area contributed by atoms with Gasteiger partial charge in [0.15, 0.2) is 0 Å². The van der Waals surface area contributed by atoms with Crippen LogP contribution in [-0.4, -0.2) is 54.5 Å². The molecule has 2 heterocycles. The number of anilines is 1. The van der Waals surface area contributed by atoms with Gasteiger partial charge in [-0.1, -0.05) is 35.9 Å². The molecule has 4 aromatic rings. The Morgan fingerprint density at radius 2 is 1.84 bits per heavy atom. The molecule has 1 aliphatic heterocycles. The van der Waals surface area contributed by atoms with Gasteiger partial charge >= 0.3 is 5.97 Å². The molecule has 0 aliphatic carbocycles. The van der Waals surface area contributed by atoms with E-state index in [1.54, 1.807) is 24.3 Å². The summed E-state index contributed by atoms with van der Waals surface area (Å²) in [6.45, 7) is 0.339. The maximum absolute atomic E-state index is 13.5. The maximum Gasteiger partial charge on any atom is 0.335 e. The second kappa shape index (κ2) is 10.7. The van der Waals surface area contributed by atoms with Crippen LogP contribution in [-0.2, 0) is 16.0 Å². The number of carbonyl (C=O) groups is 3. The Balaban J connectivity index is 1.43. The molecular formula is C27H21ClN6O4. The molecule has 3 aromatic carbocycles. The molecule has 11 heteroatoms. The van der Waals surface area contributed by atoms with Crippen LogP contribution in [0, 0.1) is 0 Å². The van der Waals surface area contributed by atoms with Gasteiger partial charge in [0.25, 0.3) is 5.91 Å². The third-order valence-electron chi connectivity index (χ3n) is 6.21. The normalized spacial score (nSPS) is 14.8. The summed E-state index contributed by atoms with van der Waals surface area (Å²) in [5.41, 5.74) is 3.50. The zero-order valence-corrected chi connectivity index (χ0v) is 20.6. The number of amides is 2. The topological polar surface area (TPSA) is 130 Å². The van der Waals surface area contributed by atoms with Gasteiger partial charge in [0.1, 0.15) is 12.4 Å². The summed E-state index contributed by atoms with van der Waals surface area (Å²) < 4.78 is 1.46. The number of carboxylic acids is 1. The number of fused-ring (bicyclic) bond motifs is 1. The van der Waals surface area contributed by atoms with Crippen molar-refractivity contribution >= 4 is 41.1 Å². The molecule has 0 radical (unpaired) electrons. The minimum atomic E-state index is -1.06. The average Bonchev–Trinajstić information content (AvgIpc) is 3.46. The Morgan fingerprint density at radius 1 is 1.05 bits per heavy atom. The smallest absolute Gasteiger partial charge is 0.335 e. The standard InChI is InChI=1S/C27H21ClN6O4/c28-20-8-11-23(34-16-29-31-32-34)19(15-20)7-12-24(35)33-14-13-17-3-1-2-4-22(17)25(33)26(36)30-21-9-5-18(6-10-21)27(37)38/h1-12,15-16,25H,13-14H2,(H,30,36)(H,37,38)/t25-/m0/s1. The highest BCUT2D eigenvalue weighted by Crippen LogP contribution is 2.31. The second-order valence-electron chi connectivity index (χ2n) is 8.55. The van der Waals surface area contributed by atoms with Crippen LogP contribution in [0.5, 0.6) is 0 Å². The van der Waals surface area contributed by atoms with Crippen LogP contribution >= 0.6 is 11.6 Å². The Labute approximate surface area is 222 Å². The Hall–Kier alpha value is -4.83. The number of nitrogens with one attached hydrogen (secondary N) is 1. The summed E-state index contributed by atoms with van der Waals surface area (Å²) in [5.74, 6) is -1.82. The number of rotatable bonds is 6. The first-order valence-corrected chi connectivity index (χ1v) is 12.0. The zero-order valence-electron chi connectivity index (χ0n) is 19.9. The number of hydrogen-bond acceptors (Lipinski definition) is 6. The van der Waals surface area contributed by atoms with Gasteiger partial charge in [-0.15, -0.1) is 5.10 Å². The number of carboxylic acid groups (broad SMARTS) is 1. The van der Waals surface area contributed by atoms with Crippen molar-refractivity contribution in [2.24, 2.45) is 0 Å². The molecule has 1 aromatic heterocycles. The van der Waals surface area contributed by atoms with E-state index in [2.05, 4.69) is 20.8 Å². The van der Waals surface area contributed by atoms with E-state index in [0.717, 1.165) is 11.1 Å². The lowest BCUT2D eigenvalue weighted by atomic mass is 9.91. The van der Waals surface area contributed by atoms with E-state index in [9.17, 15) is 14.4 Å². The summed E-state index contributed by atoms with van der Waals surface area (Å²) in [5, 5.41) is 23.6. The van der Waals surface area contributed by atoms with Gasteiger partial charge in [-0.05, 0) is 76.5 Å². The van der Waals surface area contributed by atoms with Crippen LogP contribution in [0.25, 0.3) is 11.8 Å². The number of nitrogens with zero attached hydrogens (tertiary/aromatic N) is 5. The summed E-state index contributed by atoms with van der Waals surface area (Å²) >= 11 is 6.19. The predicted octanol–water partition coefficient (Wildman–Crippen LogP) is 3.79. The first-order valence-electron chi connectivity index (χ1n) is 11.6. The van der Waals surface area contributed by atoms with Crippen molar-refractivity contribution in [2.75, 3.05) is 11.9 Å². The average molecular weight is 529 g/mol. The molecule has 5 rings (SSSR count). The first-order chi connectivity index (χ1) is 18.4. The molecule has 0 bridgehead atoms. The molecule has 1 aliphatic rings. The third kappa shape index (κ3) is 5.16. The van der Waals surface area contributed by atoms with Crippen LogP contribution in [0.4, 0.5) is 5.69 Å². The van der Waals surface area contributed by atoms with Gasteiger partial charge < -0.3 is 15.3 Å². The number of hydrogen-bond donors (Lipinski definition) is 2. The van der Waals surface area contributed by atoms with Gasteiger partial charge in [-0.25, -0.2) is 4.79 Å². The Kier molecular flexibility index (Phi) is 6.96. The number of halogens is 1. The van der Waals surface area contributed by atoms with Gasteiger partial charge in [0, 0.05) is 28.9 Å². The lowest BCUT2D eigenvalue weighted by molar-refractivity contribution is -0.135. The van der Waals surface area contributed by atoms with Crippen LogP contribution < -0.4 is 5.32 Å². The second-order valence-corrected chi connectivity index (χ2v) is 8.98. The van der Waals surface area contributed by atoms with Crippen molar-refractivity contribution in [3.05, 3.63) is 106 Å². The third-order valence-corrected chi connectivity index (χ3v) is 6.44. The van der Waals surface area contributed by atoms with Crippen molar-refractivity contribution < 1.29 is 19.5 Å². The van der Waals surface area contributed by atoms with Crippen LogP contribution in [0.2, 0.25) is 5.02 Å².